The first-order valence-electron chi connectivity index (χ1n) is 9.73. The summed E-state index contributed by atoms with van der Waals surface area (Å²) in [6, 6.07) is 6.74. The summed E-state index contributed by atoms with van der Waals surface area (Å²) in [5, 5.41) is 3.53. The molecule has 1 unspecified atom stereocenters. The van der Waals surface area contributed by atoms with Gasteiger partial charge in [-0.2, -0.15) is 0 Å². The van der Waals surface area contributed by atoms with Crippen molar-refractivity contribution in [2.24, 2.45) is 0 Å². The molecule has 0 bridgehead atoms. The summed E-state index contributed by atoms with van der Waals surface area (Å²) in [5.41, 5.74) is 0.879. The van der Waals surface area contributed by atoms with Gasteiger partial charge in [0.2, 0.25) is 5.91 Å². The van der Waals surface area contributed by atoms with Gasteiger partial charge >= 0.3 is 5.97 Å². The molecule has 0 saturated carbocycles. The minimum Gasteiger partial charge on any atom is -0.459 e. The molecule has 3 heterocycles. The zero-order chi connectivity index (χ0) is 22.8. The normalized spacial score (nSPS) is 12.2. The summed E-state index contributed by atoms with van der Waals surface area (Å²) in [7, 11) is 1.51. The van der Waals surface area contributed by atoms with Gasteiger partial charge < -0.3 is 14.8 Å². The van der Waals surface area contributed by atoms with E-state index in [0.717, 1.165) is 21.6 Å². The smallest absolute Gasteiger partial charge is 0.348 e. The van der Waals surface area contributed by atoms with Crippen molar-refractivity contribution in [2.75, 3.05) is 25.6 Å². The summed E-state index contributed by atoms with van der Waals surface area (Å²) in [6.45, 7) is 3.68. The van der Waals surface area contributed by atoms with Crippen LogP contribution in [0.2, 0.25) is 0 Å². The van der Waals surface area contributed by atoms with Crippen LogP contribution in [0.15, 0.2) is 35.4 Å². The number of thiazole rings is 1. The van der Waals surface area contributed by atoms with Gasteiger partial charge in [-0.3, -0.25) is 14.2 Å². The molecule has 0 aliphatic carbocycles. The number of hydrogen-bond acceptors (Lipinski definition) is 9. The Morgan fingerprint density at radius 3 is 2.75 bits per heavy atom. The Bertz CT molecular complexity index is 1340. The Morgan fingerprint density at radius 2 is 2.00 bits per heavy atom. The van der Waals surface area contributed by atoms with Crippen LogP contribution in [-0.2, 0) is 14.3 Å². The van der Waals surface area contributed by atoms with E-state index < -0.39 is 17.6 Å². The summed E-state index contributed by atoms with van der Waals surface area (Å²) in [5.74, 6) is -0.922. The maximum Gasteiger partial charge on any atom is 0.348 e. The number of carbonyl (C=O) groups is 2. The predicted molar refractivity (Wildman–Crippen MR) is 124 cm³/mol. The number of para-hydroxylation sites is 1. The highest BCUT2D eigenvalue weighted by Crippen LogP contribution is 2.28. The average molecular weight is 473 g/mol. The topological polar surface area (TPSA) is 112 Å². The molecule has 4 rings (SSSR count). The first-order chi connectivity index (χ1) is 15.4. The number of aryl methyl sites for hydroxylation is 1. The molecule has 4 aromatic rings. The molecule has 0 fully saturated rings. The van der Waals surface area contributed by atoms with Gasteiger partial charge in [-0.25, -0.2) is 14.8 Å². The lowest BCUT2D eigenvalue weighted by atomic mass is 10.2. The van der Waals surface area contributed by atoms with Crippen LogP contribution in [0.25, 0.3) is 20.4 Å². The van der Waals surface area contributed by atoms with Gasteiger partial charge in [-0.05, 0) is 31.5 Å². The van der Waals surface area contributed by atoms with Crippen LogP contribution in [0.5, 0.6) is 0 Å². The molecule has 1 N–H and O–H groups in total. The van der Waals surface area contributed by atoms with E-state index in [9.17, 15) is 14.4 Å². The molecule has 1 aromatic carbocycles. The number of aromatic nitrogens is 3. The molecule has 0 aliphatic heterocycles. The Balaban J connectivity index is 1.59. The first-order valence-corrected chi connectivity index (χ1v) is 11.4. The lowest BCUT2D eigenvalue weighted by molar-refractivity contribution is -0.118. The number of methoxy groups -OCH3 is 1. The Kier molecular flexibility index (Phi) is 6.31. The molecule has 0 aliphatic rings. The number of hydrogen-bond donors (Lipinski definition) is 1. The third-order valence-electron chi connectivity index (χ3n) is 4.90. The maximum atomic E-state index is 13.1. The SMILES string of the molecule is COCCOC(=O)c1sc2ncn(C(C)C(=O)Nc3nc4ccccc4s3)c(=O)c2c1C. The van der Waals surface area contributed by atoms with Crippen molar-refractivity contribution in [2.45, 2.75) is 19.9 Å². The Morgan fingerprint density at radius 1 is 1.22 bits per heavy atom. The van der Waals surface area contributed by atoms with E-state index in [-0.39, 0.29) is 19.1 Å². The molecule has 1 amide bonds. The second-order valence-electron chi connectivity index (χ2n) is 6.97. The van der Waals surface area contributed by atoms with E-state index in [4.69, 9.17) is 9.47 Å². The van der Waals surface area contributed by atoms with Gasteiger partial charge in [0.1, 0.15) is 22.4 Å². The number of nitrogens with one attached hydrogen (secondary N) is 1. The third kappa shape index (κ3) is 4.14. The Hall–Kier alpha value is -3.15. The molecule has 0 saturated heterocycles. The number of esters is 1. The number of amides is 1. The van der Waals surface area contributed by atoms with E-state index in [2.05, 4.69) is 15.3 Å². The van der Waals surface area contributed by atoms with E-state index in [1.807, 2.05) is 24.3 Å². The van der Waals surface area contributed by atoms with Gasteiger partial charge in [0, 0.05) is 7.11 Å². The highest BCUT2D eigenvalue weighted by molar-refractivity contribution is 7.22. The number of anilines is 1. The van der Waals surface area contributed by atoms with Gasteiger partial charge in [0.15, 0.2) is 5.13 Å². The summed E-state index contributed by atoms with van der Waals surface area (Å²) >= 11 is 2.45. The molecule has 9 nitrogen and oxygen atoms in total. The lowest BCUT2D eigenvalue weighted by Crippen LogP contribution is -2.31. The van der Waals surface area contributed by atoms with Gasteiger partial charge in [0.05, 0.1) is 28.5 Å². The number of nitrogens with zero attached hydrogens (tertiary/aromatic N) is 3. The highest BCUT2D eigenvalue weighted by Gasteiger charge is 2.24. The van der Waals surface area contributed by atoms with E-state index in [1.54, 1.807) is 13.8 Å². The van der Waals surface area contributed by atoms with Crippen LogP contribution in [0.4, 0.5) is 5.13 Å². The second-order valence-corrected chi connectivity index (χ2v) is 9.00. The van der Waals surface area contributed by atoms with E-state index in [0.29, 0.717) is 25.8 Å². The second kappa shape index (κ2) is 9.15. The molecule has 3 aromatic heterocycles. The largest absolute Gasteiger partial charge is 0.459 e. The minimum atomic E-state index is -0.831. The van der Waals surface area contributed by atoms with E-state index >= 15 is 0 Å². The van der Waals surface area contributed by atoms with Crippen molar-refractivity contribution in [1.82, 2.24) is 14.5 Å². The standard InChI is InChI=1S/C21H20N4O5S2/c1-11-15-18(32-16(11)20(28)30-9-8-29-3)22-10-25(19(15)27)12(2)17(26)24-21-23-13-6-4-5-7-14(13)31-21/h4-7,10,12H,8-9H2,1-3H3,(H,23,24,26). The quantitative estimate of drug-likeness (QED) is 0.324. The van der Waals surface area contributed by atoms with Crippen LogP contribution >= 0.6 is 22.7 Å². The number of thiophene rings is 1. The molecule has 11 heteroatoms. The fourth-order valence-electron chi connectivity index (χ4n) is 3.15. The number of ether oxygens (including phenoxy) is 2. The first kappa shape index (κ1) is 22.1. The molecule has 32 heavy (non-hydrogen) atoms. The molecule has 0 radical (unpaired) electrons. The monoisotopic (exact) mass is 472 g/mol. The summed E-state index contributed by atoms with van der Waals surface area (Å²) in [4.78, 5) is 47.7. The zero-order valence-corrected chi connectivity index (χ0v) is 19.2. The van der Waals surface area contributed by atoms with Crippen LogP contribution in [-0.4, -0.2) is 46.7 Å². The Labute approximate surface area is 190 Å². The highest BCUT2D eigenvalue weighted by atomic mass is 32.1. The van der Waals surface area contributed by atoms with E-state index in [1.165, 1.54) is 29.3 Å². The van der Waals surface area contributed by atoms with Crippen molar-refractivity contribution in [3.8, 4) is 0 Å². The summed E-state index contributed by atoms with van der Waals surface area (Å²) < 4.78 is 12.3. The van der Waals surface area contributed by atoms with Crippen molar-refractivity contribution >= 4 is 60.1 Å². The molecular formula is C21H20N4O5S2. The van der Waals surface area contributed by atoms with Gasteiger partial charge in [-0.1, -0.05) is 23.5 Å². The van der Waals surface area contributed by atoms with Crippen molar-refractivity contribution in [3.05, 3.63) is 51.4 Å². The molecule has 166 valence electrons. The average Bonchev–Trinajstić information content (AvgIpc) is 3.34. The van der Waals surface area contributed by atoms with Crippen LogP contribution in [0.3, 0.4) is 0 Å². The number of carbonyl (C=O) groups excluding carboxylic acids is 2. The fourth-order valence-corrected chi connectivity index (χ4v) is 5.05. The molecule has 0 spiro atoms. The van der Waals surface area contributed by atoms with Gasteiger partial charge in [0.25, 0.3) is 5.56 Å². The van der Waals surface area contributed by atoms with Crippen molar-refractivity contribution in [1.29, 1.82) is 0 Å². The van der Waals surface area contributed by atoms with Crippen molar-refractivity contribution in [3.63, 3.8) is 0 Å². The number of benzene rings is 1. The number of rotatable bonds is 7. The van der Waals surface area contributed by atoms with Crippen molar-refractivity contribution < 1.29 is 19.1 Å². The van der Waals surface area contributed by atoms with Gasteiger partial charge in [-0.15, -0.1) is 11.3 Å². The van der Waals surface area contributed by atoms with Crippen LogP contribution < -0.4 is 10.9 Å². The third-order valence-corrected chi connectivity index (χ3v) is 7.03. The molecule has 1 atom stereocenters. The maximum absolute atomic E-state index is 13.1. The van der Waals surface area contributed by atoms with Crippen LogP contribution in [0, 0.1) is 6.92 Å². The lowest BCUT2D eigenvalue weighted by Gasteiger charge is -2.13. The fraction of sp³-hybridized carbons (Fsp3) is 0.286. The molecular weight excluding hydrogens is 452 g/mol. The van der Waals surface area contributed by atoms with Crippen LogP contribution in [0.1, 0.15) is 28.2 Å². The zero-order valence-electron chi connectivity index (χ0n) is 17.6. The minimum absolute atomic E-state index is 0.115. The predicted octanol–water partition coefficient (Wildman–Crippen LogP) is 3.38. The number of fused-ring (bicyclic) bond motifs is 2. The summed E-state index contributed by atoms with van der Waals surface area (Å²) in [6.07, 6.45) is 1.32.